The lowest BCUT2D eigenvalue weighted by atomic mass is 9.89. The van der Waals surface area contributed by atoms with E-state index >= 15 is 4.39 Å². The summed E-state index contributed by atoms with van der Waals surface area (Å²) < 4.78 is 17.5. The van der Waals surface area contributed by atoms with E-state index in [2.05, 4.69) is 25.6 Å². The lowest BCUT2D eigenvalue weighted by Crippen LogP contribution is -2.56. The maximum Gasteiger partial charge on any atom is 0.247 e. The lowest BCUT2D eigenvalue weighted by Gasteiger charge is -2.37. The fourth-order valence-electron chi connectivity index (χ4n) is 7.28. The van der Waals surface area contributed by atoms with Crippen molar-refractivity contribution in [2.45, 2.75) is 96.8 Å². The van der Waals surface area contributed by atoms with Gasteiger partial charge in [-0.3, -0.25) is 34.0 Å². The molecule has 0 bridgehead atoms. The Morgan fingerprint density at radius 2 is 1.75 bits per heavy atom. The number of anilines is 2. The van der Waals surface area contributed by atoms with E-state index in [1.807, 2.05) is 25.1 Å². The van der Waals surface area contributed by atoms with Crippen molar-refractivity contribution in [1.82, 2.24) is 29.9 Å². The van der Waals surface area contributed by atoms with Gasteiger partial charge < -0.3 is 15.5 Å². The van der Waals surface area contributed by atoms with Crippen molar-refractivity contribution in [3.63, 3.8) is 0 Å². The Hall–Kier alpha value is -4.65. The quantitative estimate of drug-likeness (QED) is 0.184. The third kappa shape index (κ3) is 9.37. The molecule has 1 saturated carbocycles. The van der Waals surface area contributed by atoms with Crippen molar-refractivity contribution in [3.05, 3.63) is 71.9 Å². The summed E-state index contributed by atoms with van der Waals surface area (Å²) in [6.07, 6.45) is 9.82. The van der Waals surface area contributed by atoms with Crippen molar-refractivity contribution in [2.24, 2.45) is 5.92 Å². The van der Waals surface area contributed by atoms with Crippen LogP contribution in [0.15, 0.2) is 54.9 Å². The van der Waals surface area contributed by atoms with Gasteiger partial charge in [-0.1, -0.05) is 51.7 Å². The van der Waals surface area contributed by atoms with Crippen LogP contribution in [-0.4, -0.2) is 87.0 Å². The highest BCUT2D eigenvalue weighted by Gasteiger charge is 2.37. The maximum atomic E-state index is 15.9. The number of halogens is 1. The summed E-state index contributed by atoms with van der Waals surface area (Å²) in [5.74, 6) is -1.77. The van der Waals surface area contributed by atoms with Gasteiger partial charge in [0.15, 0.2) is 0 Å². The second kappa shape index (κ2) is 18.0. The minimum Gasteiger partial charge on any atom is -0.344 e. The van der Waals surface area contributed by atoms with E-state index in [-0.39, 0.29) is 29.8 Å². The molecule has 12 nitrogen and oxygen atoms in total. The van der Waals surface area contributed by atoms with Gasteiger partial charge in [0.25, 0.3) is 0 Å². The number of benzene rings is 1. The van der Waals surface area contributed by atoms with Crippen LogP contribution >= 0.6 is 0 Å². The molecule has 2 fully saturated rings. The van der Waals surface area contributed by atoms with Crippen molar-refractivity contribution in [3.8, 4) is 0 Å². The number of aromatic nitrogens is 3. The number of aryl methyl sites for hydroxylation is 1. The average Bonchev–Trinajstić information content (AvgIpc) is 3.47. The average molecular weight is 703 g/mol. The number of nitrogens with one attached hydrogen (secondary N) is 2. The van der Waals surface area contributed by atoms with Crippen LogP contribution in [-0.2, 0) is 32.3 Å². The van der Waals surface area contributed by atoms with Gasteiger partial charge in [-0.2, -0.15) is 5.10 Å². The summed E-state index contributed by atoms with van der Waals surface area (Å²) in [6.45, 7) is 8.96. The molecule has 274 valence electrons. The number of nitrogens with zero attached hydrogens (tertiary/aromatic N) is 6. The lowest BCUT2D eigenvalue weighted by molar-refractivity contribution is -0.138. The van der Waals surface area contributed by atoms with Gasteiger partial charge in [-0.05, 0) is 55.5 Å². The van der Waals surface area contributed by atoms with Crippen molar-refractivity contribution in [1.29, 1.82) is 0 Å². The van der Waals surface area contributed by atoms with Crippen LogP contribution in [0.2, 0.25) is 0 Å². The van der Waals surface area contributed by atoms with E-state index in [4.69, 9.17) is 0 Å². The fourth-order valence-corrected chi connectivity index (χ4v) is 7.28. The van der Waals surface area contributed by atoms with Crippen LogP contribution < -0.4 is 15.5 Å². The normalized spacial score (nSPS) is 17.5. The molecule has 3 atom stereocenters. The molecule has 3 heterocycles. The summed E-state index contributed by atoms with van der Waals surface area (Å²) in [4.78, 5) is 62.9. The molecule has 0 spiro atoms. The number of rotatable bonds is 14. The molecule has 3 aromatic rings. The molecule has 51 heavy (non-hydrogen) atoms. The predicted molar refractivity (Wildman–Crippen MR) is 193 cm³/mol. The van der Waals surface area contributed by atoms with Gasteiger partial charge in [-0.25, -0.2) is 9.07 Å². The highest BCUT2D eigenvalue weighted by Crippen LogP contribution is 2.32. The molecule has 2 N–H and O–H groups in total. The van der Waals surface area contributed by atoms with Gasteiger partial charge >= 0.3 is 0 Å². The predicted octanol–water partition coefficient (Wildman–Crippen LogP) is 4.72. The first-order valence-electron chi connectivity index (χ1n) is 18.3. The molecule has 1 aliphatic carbocycles. The third-order valence-electron chi connectivity index (χ3n) is 10.3. The molecular weight excluding hydrogens is 651 g/mol. The van der Waals surface area contributed by atoms with E-state index in [1.54, 1.807) is 48.0 Å². The first-order chi connectivity index (χ1) is 24.7. The van der Waals surface area contributed by atoms with Crippen molar-refractivity contribution >= 4 is 35.6 Å². The second-order valence-corrected chi connectivity index (χ2v) is 13.6. The van der Waals surface area contributed by atoms with Crippen LogP contribution in [0.25, 0.3) is 0 Å². The zero-order valence-corrected chi connectivity index (χ0v) is 30.0. The van der Waals surface area contributed by atoms with Crippen LogP contribution in [0.1, 0.15) is 82.9 Å². The molecule has 4 amide bonds. The van der Waals surface area contributed by atoms with E-state index in [9.17, 15) is 19.2 Å². The van der Waals surface area contributed by atoms with Gasteiger partial charge in [0.2, 0.25) is 24.1 Å². The number of amides is 4. The summed E-state index contributed by atoms with van der Waals surface area (Å²) in [5.41, 5.74) is 1.45. The van der Waals surface area contributed by atoms with Crippen LogP contribution in [0.3, 0.4) is 0 Å². The summed E-state index contributed by atoms with van der Waals surface area (Å²) in [6, 6.07) is 10.3. The minimum atomic E-state index is -0.899. The van der Waals surface area contributed by atoms with E-state index in [1.165, 1.54) is 17.0 Å². The van der Waals surface area contributed by atoms with Crippen LogP contribution in [0.4, 0.5) is 15.9 Å². The number of hydrogen-bond donors (Lipinski definition) is 2. The summed E-state index contributed by atoms with van der Waals surface area (Å²) in [5, 5.41) is 9.96. The molecule has 0 unspecified atom stereocenters. The van der Waals surface area contributed by atoms with E-state index < -0.39 is 29.7 Å². The first kappa shape index (κ1) is 37.6. The third-order valence-corrected chi connectivity index (χ3v) is 10.3. The second-order valence-electron chi connectivity index (χ2n) is 13.6. The van der Waals surface area contributed by atoms with Gasteiger partial charge in [0.1, 0.15) is 23.7 Å². The highest BCUT2D eigenvalue weighted by atomic mass is 19.1. The summed E-state index contributed by atoms with van der Waals surface area (Å²) in [7, 11) is 0. The zero-order chi connectivity index (χ0) is 36.3. The largest absolute Gasteiger partial charge is 0.344 e. The van der Waals surface area contributed by atoms with Gasteiger partial charge in [0.05, 0.1) is 17.6 Å². The standard InChI is InChI=1S/C38H51FN8O4/c1-4-33(49)43-35(38(51)45-22-20-44(21-23-45)25-30-14-10-11-18-40-30)27(3)29-15-16-32(31(39)24-29)42-37(50)36(28-12-8-6-7-9-13-28)46(26-48)34-17-19-41-47(34)5-2/h10-11,14-19,24,26-28,35-36H,4-9,12-13,20-23,25H2,1-3H3,(H,42,50)(H,43,49)/t27-,35+,36-/m0/s1. The minimum absolute atomic E-state index is 0.0195. The van der Waals surface area contributed by atoms with E-state index in [0.717, 1.165) is 44.2 Å². The maximum absolute atomic E-state index is 15.9. The Kier molecular flexibility index (Phi) is 13.3. The van der Waals surface area contributed by atoms with Gasteiger partial charge in [-0.15, -0.1) is 0 Å². The molecule has 13 heteroatoms. The molecule has 1 saturated heterocycles. The Morgan fingerprint density at radius 1 is 1.00 bits per heavy atom. The highest BCUT2D eigenvalue weighted by molar-refractivity contribution is 6.00. The molecule has 2 aliphatic rings. The number of carbonyl (C=O) groups excluding carboxylic acids is 4. The van der Waals surface area contributed by atoms with Gasteiger partial charge in [0, 0.05) is 63.9 Å². The Labute approximate surface area is 299 Å². The first-order valence-corrected chi connectivity index (χ1v) is 18.3. The summed E-state index contributed by atoms with van der Waals surface area (Å²) >= 11 is 0. The SMILES string of the molecule is CCC(=O)N[C@@H](C(=O)N1CCN(Cc2ccccn2)CC1)[C@@H](C)c1ccc(NC(=O)[C@H](C2CCCCCC2)N(C=O)c2ccnn2CC)c(F)c1. The number of carbonyl (C=O) groups is 4. The smallest absolute Gasteiger partial charge is 0.247 e. The topological polar surface area (TPSA) is 133 Å². The molecule has 1 aromatic carbocycles. The Bertz CT molecular complexity index is 1620. The van der Waals surface area contributed by atoms with Crippen LogP contribution in [0.5, 0.6) is 0 Å². The van der Waals surface area contributed by atoms with Crippen LogP contribution in [0, 0.1) is 11.7 Å². The molecule has 2 aromatic heterocycles. The Morgan fingerprint density at radius 3 is 2.37 bits per heavy atom. The van der Waals surface area contributed by atoms with Crippen molar-refractivity contribution in [2.75, 3.05) is 36.4 Å². The molecule has 1 aliphatic heterocycles. The fraction of sp³-hybridized carbons (Fsp3) is 0.526. The van der Waals surface area contributed by atoms with E-state index in [0.29, 0.717) is 57.1 Å². The number of piperazine rings is 1. The molecule has 0 radical (unpaired) electrons. The molecular formula is C38H51FN8O4. The number of hydrogen-bond acceptors (Lipinski definition) is 7. The zero-order valence-electron chi connectivity index (χ0n) is 30.0. The molecule has 5 rings (SSSR count). The number of pyridine rings is 1. The van der Waals surface area contributed by atoms with Crippen molar-refractivity contribution < 1.29 is 23.6 Å². The monoisotopic (exact) mass is 702 g/mol. The Balaban J connectivity index is 1.31.